The van der Waals surface area contributed by atoms with Crippen LogP contribution in [0.1, 0.15) is 156 Å². The summed E-state index contributed by atoms with van der Waals surface area (Å²) in [5.74, 6) is -8.67. The number of aromatic nitrogens is 8. The van der Waals surface area contributed by atoms with Gasteiger partial charge < -0.3 is 99.3 Å². The van der Waals surface area contributed by atoms with Gasteiger partial charge in [0.1, 0.15) is 53.5 Å². The number of nitrogens with two attached hydrogens (primary N) is 3. The summed E-state index contributed by atoms with van der Waals surface area (Å²) in [6, 6.07) is 3.44. The number of Topliss-reactive ketones (excluding diaryl/α,β-unsaturated/α-hetero) is 3. The highest BCUT2D eigenvalue weighted by atomic mass is 16.6. The van der Waals surface area contributed by atoms with Gasteiger partial charge in [0, 0.05) is 95.3 Å². The second-order valence-electron chi connectivity index (χ2n) is 32.1. The Hall–Kier alpha value is -8.20. The van der Waals surface area contributed by atoms with E-state index in [2.05, 4.69) is 30.6 Å². The predicted octanol–water partition coefficient (Wildman–Crippen LogP) is 7.06. The maximum atomic E-state index is 14.7. The van der Waals surface area contributed by atoms with E-state index in [1.54, 1.807) is 50.4 Å². The van der Waals surface area contributed by atoms with Gasteiger partial charge in [0.2, 0.25) is 11.7 Å². The number of fused-ring (bicyclic) bond motifs is 5. The lowest BCUT2D eigenvalue weighted by atomic mass is 9.80. The molecule has 5 aromatic rings. The molecule has 1 saturated carbocycles. The fourth-order valence-corrected chi connectivity index (χ4v) is 15.8. The third-order valence-corrected chi connectivity index (χ3v) is 22.9. The standard InChI is InChI=1S/C86H129N13O21/c1-55-18-10-9-11-19-56(2)71(109-7)51-64-25-22-60(6)86(108,120-64)80(105)83(106)98-30-15-12-21-67(98)84(107)118-72(52-68(100)57(3)47-59(5)78(103)79(104)77(102)58(4)46-55)65(87)48-61-23-26-70(73(49-61)110-8)117-33-17-13-20-63-53-97(96-94-63)32-35-112-37-39-114-41-43-116-45-44-115-42-40-113-38-36-111-34-28-74(101)90-29-14-16-31-99-82-75(81(88)91-54-92-82)76(95-99)62-24-27-69-66(50-62)93-85(89)119-69/h9-11,18-19,24,27,47,50,53-55,57-58,60-61,64-65,67,70-73,78-79,103-104,108H,12-17,20-23,25-26,28-46,48-49,51-52,87H2,1-8H3,(H2,89,93)(H,90,101)(H2,88,91,92)/b11-9+,18-10+,56-19+,59-47+/t55-,57-,58-,60-,61+,64+,65-,67+,70-,71+,72+,73-,78-,79+,86-/m1/s1. The van der Waals surface area contributed by atoms with Gasteiger partial charge in [-0.05, 0) is 151 Å². The average molecular weight is 1680 g/mol. The second kappa shape index (κ2) is 49.2. The van der Waals surface area contributed by atoms with Crippen LogP contribution in [0.15, 0.2) is 82.7 Å². The number of allylic oxidation sites excluding steroid dienone is 6. The predicted molar refractivity (Wildman–Crippen MR) is 445 cm³/mol. The van der Waals surface area contributed by atoms with Crippen molar-refractivity contribution >= 4 is 69.1 Å². The number of hydrogen-bond acceptors (Lipinski definition) is 30. The summed E-state index contributed by atoms with van der Waals surface area (Å²) in [5.41, 5.74) is 24.2. The number of anilines is 2. The Morgan fingerprint density at radius 3 is 2.18 bits per heavy atom. The highest BCUT2D eigenvalue weighted by molar-refractivity contribution is 6.39. The molecular weight excluding hydrogens is 1550 g/mol. The Morgan fingerprint density at radius 2 is 1.47 bits per heavy atom. The first-order valence-corrected chi connectivity index (χ1v) is 42.6. The van der Waals surface area contributed by atoms with Crippen molar-refractivity contribution in [3.63, 3.8) is 0 Å². The van der Waals surface area contributed by atoms with E-state index < -0.39 is 95.4 Å². The van der Waals surface area contributed by atoms with Gasteiger partial charge in [-0.25, -0.2) is 24.1 Å². The van der Waals surface area contributed by atoms with Crippen LogP contribution in [-0.4, -0.2) is 269 Å². The molecule has 34 heteroatoms. The zero-order valence-corrected chi connectivity index (χ0v) is 71.1. The number of hydrogen-bond donors (Lipinski definition) is 7. The molecule has 0 unspecified atom stereocenters. The number of nitrogens with one attached hydrogen (secondary N) is 1. The van der Waals surface area contributed by atoms with Crippen LogP contribution in [0.2, 0.25) is 0 Å². The number of unbranched alkanes of at least 4 members (excludes halogenated alkanes) is 2. The molecule has 3 aliphatic heterocycles. The molecule has 0 spiro atoms. The summed E-state index contributed by atoms with van der Waals surface area (Å²) in [7, 11) is 3.20. The normalized spacial score (nSPS) is 27.4. The molecule has 1 aliphatic carbocycles. The van der Waals surface area contributed by atoms with E-state index in [9.17, 15) is 44.1 Å². The maximum absolute atomic E-state index is 14.7. The quantitative estimate of drug-likeness (QED) is 0.00900. The highest BCUT2D eigenvalue weighted by Gasteiger charge is 2.53. The van der Waals surface area contributed by atoms with Crippen LogP contribution in [-0.2, 0) is 100 Å². The molecule has 15 atom stereocenters. The first-order valence-electron chi connectivity index (χ1n) is 42.6. The van der Waals surface area contributed by atoms with Crippen molar-refractivity contribution in [2.75, 3.05) is 125 Å². The molecule has 34 nitrogen and oxygen atoms in total. The fourth-order valence-electron chi connectivity index (χ4n) is 15.8. The number of benzene rings is 1. The number of oxazole rings is 1. The first-order chi connectivity index (χ1) is 57.8. The molecule has 10 N–H and O–H groups in total. The number of ether oxygens (including phenoxy) is 11. The number of aliphatic hydroxyl groups excluding tert-OH is 2. The average Bonchev–Trinajstić information content (AvgIpc) is 1.05. The third-order valence-electron chi connectivity index (χ3n) is 22.9. The molecule has 4 aromatic heterocycles. The molecule has 2 bridgehead atoms. The Balaban J connectivity index is 0.614. The van der Waals surface area contributed by atoms with E-state index >= 15 is 0 Å². The van der Waals surface area contributed by atoms with Gasteiger partial charge in [0.15, 0.2) is 17.0 Å². The first kappa shape index (κ1) is 95.6. The number of ketones is 3. The van der Waals surface area contributed by atoms with Crippen LogP contribution in [0, 0.1) is 29.6 Å². The van der Waals surface area contributed by atoms with E-state index in [0.717, 1.165) is 47.4 Å². The summed E-state index contributed by atoms with van der Waals surface area (Å²) >= 11 is 0. The molecule has 0 radical (unpaired) electrons. The highest BCUT2D eigenvalue weighted by Crippen LogP contribution is 2.39. The van der Waals surface area contributed by atoms with Crippen LogP contribution in [0.4, 0.5) is 11.8 Å². The van der Waals surface area contributed by atoms with Crippen LogP contribution in [0.3, 0.4) is 0 Å². The van der Waals surface area contributed by atoms with Crippen molar-refractivity contribution in [2.24, 2.45) is 35.3 Å². The summed E-state index contributed by atoms with van der Waals surface area (Å²) < 4.78 is 73.6. The number of aliphatic hydroxyl groups is 3. The van der Waals surface area contributed by atoms with Crippen molar-refractivity contribution < 1.29 is 101 Å². The van der Waals surface area contributed by atoms with E-state index in [1.807, 2.05) is 62.6 Å². The van der Waals surface area contributed by atoms with E-state index in [0.29, 0.717) is 197 Å². The van der Waals surface area contributed by atoms with E-state index in [4.69, 9.17) is 78.8 Å². The molecule has 120 heavy (non-hydrogen) atoms. The van der Waals surface area contributed by atoms with Crippen LogP contribution in [0.5, 0.6) is 0 Å². The minimum absolute atomic E-state index is 0.0257. The lowest BCUT2D eigenvalue weighted by molar-refractivity contribution is -0.265. The molecule has 7 heterocycles. The summed E-state index contributed by atoms with van der Waals surface area (Å²) in [4.78, 5) is 98.0. The number of carbonyl (C=O) groups is 6. The van der Waals surface area contributed by atoms with Crippen molar-refractivity contribution in [1.29, 1.82) is 0 Å². The molecule has 2 amide bonds. The SMILES string of the molecule is CO[C@H]1C[C@@H]2CC[C@@H](C)[C@@](O)(O2)C(=O)C(=O)N2CCCC[C@H]2C(=O)O[C@H]([C@H](N)C[C@@H]2CC[C@@H](OCCCCc3cn(CCOCCOCCOCCOCCOCCOCCC(=O)NCCCCn4nc(-c5ccc6oc(N)nc6c5)c5c(N)ncnc54)nn3)[C@H](OC)C2)CC(=O)[C@H](C)/C=C(\C)[C@@H](O)[C@@H](O)C(=O)[C@H](C)C[C@H](C)/C=C/C=C/C=C/1C. The molecular formula is C86H129N13O21. The van der Waals surface area contributed by atoms with Crippen LogP contribution in [0.25, 0.3) is 33.4 Å². The third kappa shape index (κ3) is 28.7. The Bertz CT molecular complexity index is 4190. The Kier molecular flexibility index (Phi) is 39.2. The molecule has 1 aromatic carbocycles. The monoisotopic (exact) mass is 1680 g/mol. The molecule has 9 rings (SSSR count). The van der Waals surface area contributed by atoms with Gasteiger partial charge in [-0.2, -0.15) is 10.1 Å². The van der Waals surface area contributed by atoms with Crippen LogP contribution < -0.4 is 22.5 Å². The Labute approximate surface area is 702 Å². The van der Waals surface area contributed by atoms with Crippen LogP contribution >= 0.6 is 0 Å². The number of nitrogens with zero attached hydrogens (tertiary/aromatic N) is 9. The molecule has 2 saturated heterocycles. The van der Waals surface area contributed by atoms with E-state index in [1.165, 1.54) is 19.3 Å². The van der Waals surface area contributed by atoms with Gasteiger partial charge in [-0.1, -0.05) is 69.4 Å². The number of nitrogen functional groups attached to an aromatic ring is 2. The minimum Gasteiger partial charge on any atom is -0.459 e. The number of rotatable bonds is 38. The topological polar surface area (TPSA) is 458 Å². The number of piperidine rings is 1. The zero-order valence-electron chi connectivity index (χ0n) is 71.1. The van der Waals surface area contributed by atoms with Gasteiger partial charge >= 0.3 is 5.97 Å². The van der Waals surface area contributed by atoms with Gasteiger partial charge in [0.05, 0.1) is 121 Å². The van der Waals surface area contributed by atoms with Gasteiger partial charge in [-0.15, -0.1) is 5.10 Å². The number of aryl methyl sites for hydroxylation is 2. The summed E-state index contributed by atoms with van der Waals surface area (Å²) in [6.07, 6.45) is 16.6. The Morgan fingerprint density at radius 1 is 0.750 bits per heavy atom. The number of esters is 1. The molecule has 3 fully saturated rings. The lowest BCUT2D eigenvalue weighted by Crippen LogP contribution is -2.61. The maximum Gasteiger partial charge on any atom is 0.329 e. The lowest BCUT2D eigenvalue weighted by Gasteiger charge is -2.42. The fraction of sp³-hybridized carbons (Fsp3) is 0.674. The number of amides is 2. The number of cyclic esters (lactones) is 1. The summed E-state index contributed by atoms with van der Waals surface area (Å²) in [6.45, 7) is 17.2. The summed E-state index contributed by atoms with van der Waals surface area (Å²) in [5, 5.41) is 51.7. The van der Waals surface area contributed by atoms with Gasteiger partial charge in [0.25, 0.3) is 17.7 Å². The molecule has 664 valence electrons. The van der Waals surface area contributed by atoms with Gasteiger partial charge in [-0.3, -0.25) is 24.0 Å². The molecule has 4 aliphatic rings. The zero-order chi connectivity index (χ0) is 86.1. The largest absolute Gasteiger partial charge is 0.459 e. The van der Waals surface area contributed by atoms with Crippen molar-refractivity contribution in [3.8, 4) is 11.3 Å². The second-order valence-corrected chi connectivity index (χ2v) is 32.1. The van der Waals surface area contributed by atoms with Crippen molar-refractivity contribution in [1.82, 2.24) is 49.9 Å². The van der Waals surface area contributed by atoms with Crippen molar-refractivity contribution in [3.05, 3.63) is 84.0 Å². The smallest absolute Gasteiger partial charge is 0.329 e. The van der Waals surface area contributed by atoms with Crippen molar-refractivity contribution in [2.45, 2.75) is 231 Å². The van der Waals surface area contributed by atoms with E-state index in [-0.39, 0.29) is 80.4 Å². The minimum atomic E-state index is -2.49. The number of methoxy groups -OCH3 is 2. The number of carbonyl (C=O) groups excluding carboxylic acids is 6.